The average molecular weight is 252 g/mol. The highest BCUT2D eigenvalue weighted by molar-refractivity contribution is 5.86. The molecule has 4 nitrogen and oxygen atoms in total. The summed E-state index contributed by atoms with van der Waals surface area (Å²) in [7, 11) is 0. The van der Waals surface area contributed by atoms with Gasteiger partial charge in [0, 0.05) is 24.3 Å². The maximum Gasteiger partial charge on any atom is 0.352 e. The van der Waals surface area contributed by atoms with Gasteiger partial charge in [0.05, 0.1) is 5.52 Å². The molecule has 4 heteroatoms. The molecule has 1 aromatic carbocycles. The predicted molar refractivity (Wildman–Crippen MR) is 72.2 cm³/mol. The minimum Gasteiger partial charge on any atom is -0.477 e. The topological polar surface area (TPSA) is 55.1 Å². The van der Waals surface area contributed by atoms with E-state index in [1.807, 2.05) is 30.3 Å². The van der Waals surface area contributed by atoms with E-state index < -0.39 is 5.97 Å². The lowest BCUT2D eigenvalue weighted by atomic mass is 10.1. The molecule has 0 atom stereocenters. The summed E-state index contributed by atoms with van der Waals surface area (Å²) in [6.45, 7) is 0.541. The summed E-state index contributed by atoms with van der Waals surface area (Å²) >= 11 is 0. The lowest BCUT2D eigenvalue weighted by molar-refractivity contribution is 0.0685. The van der Waals surface area contributed by atoms with E-state index >= 15 is 0 Å². The smallest absolute Gasteiger partial charge is 0.352 e. The highest BCUT2D eigenvalue weighted by Crippen LogP contribution is 2.15. The number of aromatic carboxylic acids is 1. The maximum atomic E-state index is 11.1. The predicted octanol–water partition coefficient (Wildman–Crippen LogP) is 2.78. The Morgan fingerprint density at radius 3 is 2.95 bits per heavy atom. The Hall–Kier alpha value is -2.62. The van der Waals surface area contributed by atoms with Crippen LogP contribution in [-0.4, -0.2) is 20.6 Å². The molecule has 0 spiro atoms. The van der Waals surface area contributed by atoms with E-state index in [4.69, 9.17) is 5.11 Å². The van der Waals surface area contributed by atoms with Gasteiger partial charge >= 0.3 is 5.97 Å². The number of benzene rings is 1. The molecule has 0 bridgehead atoms. The number of carboxylic acids is 1. The Labute approximate surface area is 109 Å². The molecule has 0 aliphatic carbocycles. The molecule has 0 saturated carbocycles. The van der Waals surface area contributed by atoms with Gasteiger partial charge in [-0.15, -0.1) is 0 Å². The molecule has 0 fully saturated rings. The second-order valence-corrected chi connectivity index (χ2v) is 4.36. The van der Waals surface area contributed by atoms with E-state index in [0.29, 0.717) is 12.2 Å². The number of pyridine rings is 1. The molecular weight excluding hydrogens is 240 g/mol. The van der Waals surface area contributed by atoms with Crippen LogP contribution in [0.2, 0.25) is 0 Å². The van der Waals surface area contributed by atoms with Crippen molar-refractivity contribution in [1.29, 1.82) is 0 Å². The van der Waals surface area contributed by atoms with E-state index in [1.54, 1.807) is 29.1 Å². The van der Waals surface area contributed by atoms with Gasteiger partial charge in [-0.2, -0.15) is 0 Å². The van der Waals surface area contributed by atoms with Crippen LogP contribution in [0.1, 0.15) is 16.1 Å². The van der Waals surface area contributed by atoms with Crippen molar-refractivity contribution in [3.05, 3.63) is 66.1 Å². The van der Waals surface area contributed by atoms with Crippen LogP contribution in [0.25, 0.3) is 10.9 Å². The number of hydrogen-bond donors (Lipinski definition) is 1. The highest BCUT2D eigenvalue weighted by Gasteiger charge is 2.08. The Morgan fingerprint density at radius 1 is 1.21 bits per heavy atom. The third-order valence-electron chi connectivity index (χ3n) is 3.07. The average Bonchev–Trinajstić information content (AvgIpc) is 2.87. The van der Waals surface area contributed by atoms with Crippen molar-refractivity contribution in [2.24, 2.45) is 0 Å². The molecule has 0 amide bonds. The summed E-state index contributed by atoms with van der Waals surface area (Å²) in [5, 5.41) is 10.1. The van der Waals surface area contributed by atoms with E-state index in [9.17, 15) is 4.79 Å². The fourth-order valence-corrected chi connectivity index (χ4v) is 2.17. The van der Waals surface area contributed by atoms with Gasteiger partial charge in [-0.3, -0.25) is 4.98 Å². The minimum atomic E-state index is -0.910. The number of nitrogens with zero attached hydrogens (tertiary/aromatic N) is 2. The zero-order valence-corrected chi connectivity index (χ0v) is 10.2. The van der Waals surface area contributed by atoms with Crippen LogP contribution in [0.3, 0.4) is 0 Å². The summed E-state index contributed by atoms with van der Waals surface area (Å²) in [6, 6.07) is 13.2. The summed E-state index contributed by atoms with van der Waals surface area (Å²) in [4.78, 5) is 15.3. The molecule has 0 unspecified atom stereocenters. The van der Waals surface area contributed by atoms with Crippen LogP contribution in [-0.2, 0) is 6.54 Å². The number of carboxylic acid groups (broad SMARTS) is 1. The van der Waals surface area contributed by atoms with E-state index in [0.717, 1.165) is 16.5 Å². The summed E-state index contributed by atoms with van der Waals surface area (Å²) in [6.07, 6.45) is 3.54. The molecule has 0 radical (unpaired) electrons. The van der Waals surface area contributed by atoms with E-state index in [-0.39, 0.29) is 0 Å². The van der Waals surface area contributed by atoms with Crippen molar-refractivity contribution in [3.8, 4) is 0 Å². The van der Waals surface area contributed by atoms with Crippen molar-refractivity contribution in [1.82, 2.24) is 9.55 Å². The second kappa shape index (κ2) is 4.57. The molecule has 2 aromatic heterocycles. The Bertz CT molecular complexity index is 746. The van der Waals surface area contributed by atoms with Gasteiger partial charge in [-0.25, -0.2) is 4.79 Å². The fraction of sp³-hybridized carbons (Fsp3) is 0.0667. The van der Waals surface area contributed by atoms with E-state index in [1.165, 1.54) is 0 Å². The third-order valence-corrected chi connectivity index (χ3v) is 3.07. The number of hydrogen-bond acceptors (Lipinski definition) is 2. The normalized spacial score (nSPS) is 10.7. The van der Waals surface area contributed by atoms with Gasteiger partial charge in [0.1, 0.15) is 5.69 Å². The molecule has 2 heterocycles. The lowest BCUT2D eigenvalue weighted by Crippen LogP contribution is -2.08. The molecule has 3 rings (SSSR count). The summed E-state index contributed by atoms with van der Waals surface area (Å²) < 4.78 is 1.72. The minimum absolute atomic E-state index is 0.297. The monoisotopic (exact) mass is 252 g/mol. The quantitative estimate of drug-likeness (QED) is 0.779. The highest BCUT2D eigenvalue weighted by atomic mass is 16.4. The van der Waals surface area contributed by atoms with Crippen molar-refractivity contribution < 1.29 is 9.90 Å². The largest absolute Gasteiger partial charge is 0.477 e. The molecule has 3 aromatic rings. The van der Waals surface area contributed by atoms with Crippen LogP contribution in [0.4, 0.5) is 0 Å². The van der Waals surface area contributed by atoms with Gasteiger partial charge in [0.15, 0.2) is 0 Å². The molecule has 0 saturated heterocycles. The van der Waals surface area contributed by atoms with Crippen LogP contribution in [0.5, 0.6) is 0 Å². The maximum absolute atomic E-state index is 11.1. The lowest BCUT2D eigenvalue weighted by Gasteiger charge is -2.07. The zero-order valence-electron chi connectivity index (χ0n) is 10.2. The Kier molecular flexibility index (Phi) is 2.76. The van der Waals surface area contributed by atoms with Crippen molar-refractivity contribution in [2.45, 2.75) is 6.54 Å². The standard InChI is InChI=1S/C15H12N2O2/c18-15(19)14-4-2-8-17(14)10-11-5-6-13-12(9-11)3-1-7-16-13/h1-9H,10H2,(H,18,19). The molecule has 0 aliphatic heterocycles. The van der Waals surface area contributed by atoms with Crippen LogP contribution >= 0.6 is 0 Å². The third kappa shape index (κ3) is 2.20. The SMILES string of the molecule is O=C(O)c1cccn1Cc1ccc2ncccc2c1. The molecule has 19 heavy (non-hydrogen) atoms. The van der Waals surface area contributed by atoms with Gasteiger partial charge < -0.3 is 9.67 Å². The molecular formula is C15H12N2O2. The van der Waals surface area contributed by atoms with Crippen LogP contribution in [0, 0.1) is 0 Å². The number of rotatable bonds is 3. The second-order valence-electron chi connectivity index (χ2n) is 4.36. The molecule has 1 N–H and O–H groups in total. The van der Waals surface area contributed by atoms with Gasteiger partial charge in [0.25, 0.3) is 0 Å². The first-order chi connectivity index (χ1) is 9.24. The first-order valence-corrected chi connectivity index (χ1v) is 5.96. The van der Waals surface area contributed by atoms with Crippen LogP contribution < -0.4 is 0 Å². The van der Waals surface area contributed by atoms with Gasteiger partial charge in [-0.05, 0) is 35.9 Å². The van der Waals surface area contributed by atoms with Crippen molar-refractivity contribution in [3.63, 3.8) is 0 Å². The fourth-order valence-electron chi connectivity index (χ4n) is 2.17. The van der Waals surface area contributed by atoms with Gasteiger partial charge in [-0.1, -0.05) is 12.1 Å². The van der Waals surface area contributed by atoms with E-state index in [2.05, 4.69) is 4.98 Å². The zero-order chi connectivity index (χ0) is 13.2. The molecule has 0 aliphatic rings. The number of carbonyl (C=O) groups is 1. The van der Waals surface area contributed by atoms with Crippen LogP contribution in [0.15, 0.2) is 54.9 Å². The van der Waals surface area contributed by atoms with Gasteiger partial charge in [0.2, 0.25) is 0 Å². The Morgan fingerprint density at radius 2 is 2.11 bits per heavy atom. The summed E-state index contributed by atoms with van der Waals surface area (Å²) in [5.74, 6) is -0.910. The summed E-state index contributed by atoms with van der Waals surface area (Å²) in [5.41, 5.74) is 2.29. The number of aromatic nitrogens is 2. The number of fused-ring (bicyclic) bond motifs is 1. The van der Waals surface area contributed by atoms with Crippen molar-refractivity contribution >= 4 is 16.9 Å². The first-order valence-electron chi connectivity index (χ1n) is 5.96. The first kappa shape index (κ1) is 11.5. The molecule has 94 valence electrons. The van der Waals surface area contributed by atoms with Crippen molar-refractivity contribution in [2.75, 3.05) is 0 Å². The Balaban J connectivity index is 1.97.